The van der Waals surface area contributed by atoms with Crippen LogP contribution in [0, 0.1) is 5.92 Å². The summed E-state index contributed by atoms with van der Waals surface area (Å²) in [6, 6.07) is 0. The SMILES string of the molecule is CNC(C)(CN1CCCC(C)C1)C(=O)OC. The van der Waals surface area contributed by atoms with Gasteiger partial charge < -0.3 is 15.0 Å². The number of nitrogens with one attached hydrogen (secondary N) is 1. The van der Waals surface area contributed by atoms with Crippen LogP contribution in [-0.2, 0) is 9.53 Å². The molecule has 4 heteroatoms. The van der Waals surface area contributed by atoms with E-state index in [0.29, 0.717) is 0 Å². The van der Waals surface area contributed by atoms with E-state index in [2.05, 4.69) is 17.1 Å². The molecule has 2 unspecified atom stereocenters. The number of hydrogen-bond donors (Lipinski definition) is 1. The molecular weight excluding hydrogens is 204 g/mol. The average molecular weight is 228 g/mol. The average Bonchev–Trinajstić information content (AvgIpc) is 2.27. The van der Waals surface area contributed by atoms with Crippen molar-refractivity contribution in [3.63, 3.8) is 0 Å². The standard InChI is InChI=1S/C12H24N2O2/c1-10-6-5-7-14(8-10)9-12(2,13-3)11(15)16-4/h10,13H,5-9H2,1-4H3. The lowest BCUT2D eigenvalue weighted by atomic mass is 9.96. The number of hydrogen-bond acceptors (Lipinski definition) is 4. The van der Waals surface area contributed by atoms with Crippen LogP contribution in [0.2, 0.25) is 0 Å². The van der Waals surface area contributed by atoms with E-state index >= 15 is 0 Å². The van der Waals surface area contributed by atoms with Crippen LogP contribution in [0.15, 0.2) is 0 Å². The van der Waals surface area contributed by atoms with E-state index in [0.717, 1.165) is 25.6 Å². The molecule has 1 saturated heterocycles. The number of piperidine rings is 1. The van der Waals surface area contributed by atoms with E-state index in [1.165, 1.54) is 20.0 Å². The number of esters is 1. The first kappa shape index (κ1) is 13.5. The molecule has 0 aromatic carbocycles. The van der Waals surface area contributed by atoms with E-state index in [1.807, 2.05) is 14.0 Å². The van der Waals surface area contributed by atoms with Gasteiger partial charge in [-0.3, -0.25) is 4.79 Å². The van der Waals surface area contributed by atoms with Gasteiger partial charge in [-0.15, -0.1) is 0 Å². The molecule has 1 heterocycles. The Hall–Kier alpha value is -0.610. The zero-order chi connectivity index (χ0) is 12.2. The van der Waals surface area contributed by atoms with Crippen LogP contribution in [-0.4, -0.2) is 50.2 Å². The minimum absolute atomic E-state index is 0.187. The first-order chi connectivity index (χ1) is 7.51. The van der Waals surface area contributed by atoms with Crippen molar-refractivity contribution in [1.82, 2.24) is 10.2 Å². The molecule has 1 aliphatic heterocycles. The van der Waals surface area contributed by atoms with Gasteiger partial charge in [0.2, 0.25) is 0 Å². The predicted molar refractivity (Wildman–Crippen MR) is 64.3 cm³/mol. The normalized spacial score (nSPS) is 26.1. The molecule has 1 N–H and O–H groups in total. The lowest BCUT2D eigenvalue weighted by molar-refractivity contribution is -0.148. The Bertz CT molecular complexity index is 245. The van der Waals surface area contributed by atoms with Gasteiger partial charge in [0.05, 0.1) is 7.11 Å². The van der Waals surface area contributed by atoms with Crippen LogP contribution in [0.25, 0.3) is 0 Å². The Balaban J connectivity index is 2.58. The van der Waals surface area contributed by atoms with Crippen LogP contribution < -0.4 is 5.32 Å². The van der Waals surface area contributed by atoms with Crippen molar-refractivity contribution < 1.29 is 9.53 Å². The van der Waals surface area contributed by atoms with Crippen molar-refractivity contribution in [2.24, 2.45) is 5.92 Å². The predicted octanol–water partition coefficient (Wildman–Crippen LogP) is 0.869. The van der Waals surface area contributed by atoms with Crippen molar-refractivity contribution in [3.8, 4) is 0 Å². The van der Waals surface area contributed by atoms with Crippen LogP contribution in [0.3, 0.4) is 0 Å². The molecule has 1 fully saturated rings. The van der Waals surface area contributed by atoms with Gasteiger partial charge in [0.25, 0.3) is 0 Å². The maximum absolute atomic E-state index is 11.7. The fourth-order valence-electron chi connectivity index (χ4n) is 2.35. The molecule has 0 aromatic heterocycles. The molecule has 1 rings (SSSR count). The number of carbonyl (C=O) groups excluding carboxylic acids is 1. The topological polar surface area (TPSA) is 41.6 Å². The third-order valence-corrected chi connectivity index (χ3v) is 3.47. The van der Waals surface area contributed by atoms with Crippen molar-refractivity contribution in [2.45, 2.75) is 32.2 Å². The molecule has 0 spiro atoms. The van der Waals surface area contributed by atoms with E-state index in [-0.39, 0.29) is 5.97 Å². The summed E-state index contributed by atoms with van der Waals surface area (Å²) in [6.07, 6.45) is 2.52. The molecule has 16 heavy (non-hydrogen) atoms. The van der Waals surface area contributed by atoms with Gasteiger partial charge in [-0.25, -0.2) is 0 Å². The Labute approximate surface area is 98.3 Å². The number of ether oxygens (including phenoxy) is 1. The van der Waals surface area contributed by atoms with Crippen LogP contribution in [0.1, 0.15) is 26.7 Å². The van der Waals surface area contributed by atoms with E-state index in [4.69, 9.17) is 4.74 Å². The summed E-state index contributed by atoms with van der Waals surface area (Å²) in [4.78, 5) is 14.1. The van der Waals surface area contributed by atoms with Crippen LogP contribution in [0.5, 0.6) is 0 Å². The molecule has 0 bridgehead atoms. The maximum atomic E-state index is 11.7. The Morgan fingerprint density at radius 3 is 2.81 bits per heavy atom. The number of rotatable bonds is 4. The molecule has 0 saturated carbocycles. The van der Waals surface area contributed by atoms with Crippen LogP contribution in [0.4, 0.5) is 0 Å². The summed E-state index contributed by atoms with van der Waals surface area (Å²) in [5, 5.41) is 3.08. The second-order valence-corrected chi connectivity index (χ2v) is 5.06. The zero-order valence-electron chi connectivity index (χ0n) is 10.9. The lowest BCUT2D eigenvalue weighted by Crippen LogP contribution is -2.57. The summed E-state index contributed by atoms with van der Waals surface area (Å²) >= 11 is 0. The largest absolute Gasteiger partial charge is 0.468 e. The number of nitrogens with zero attached hydrogens (tertiary/aromatic N) is 1. The highest BCUT2D eigenvalue weighted by Gasteiger charge is 2.35. The number of likely N-dealkylation sites (tertiary alicyclic amines) is 1. The third-order valence-electron chi connectivity index (χ3n) is 3.47. The first-order valence-corrected chi connectivity index (χ1v) is 6.01. The molecular formula is C12H24N2O2. The summed E-state index contributed by atoms with van der Waals surface area (Å²) in [7, 11) is 3.25. The highest BCUT2D eigenvalue weighted by atomic mass is 16.5. The van der Waals surface area contributed by atoms with Crippen molar-refractivity contribution in [3.05, 3.63) is 0 Å². The molecule has 0 aliphatic carbocycles. The fraction of sp³-hybridized carbons (Fsp3) is 0.917. The maximum Gasteiger partial charge on any atom is 0.327 e. The Morgan fingerprint density at radius 2 is 2.31 bits per heavy atom. The summed E-state index contributed by atoms with van der Waals surface area (Å²) in [5.74, 6) is 0.542. The van der Waals surface area contributed by atoms with Gasteiger partial charge >= 0.3 is 5.97 Å². The Morgan fingerprint density at radius 1 is 1.62 bits per heavy atom. The minimum atomic E-state index is -0.591. The second-order valence-electron chi connectivity index (χ2n) is 5.06. The van der Waals surface area contributed by atoms with E-state index in [1.54, 1.807) is 0 Å². The Kier molecular flexibility index (Phi) is 4.74. The van der Waals surface area contributed by atoms with Gasteiger partial charge in [0.15, 0.2) is 0 Å². The zero-order valence-corrected chi connectivity index (χ0v) is 10.9. The summed E-state index contributed by atoms with van der Waals surface area (Å²) in [6.45, 7) is 7.05. The summed E-state index contributed by atoms with van der Waals surface area (Å²) in [5.41, 5.74) is -0.591. The highest BCUT2D eigenvalue weighted by molar-refractivity contribution is 5.80. The second kappa shape index (κ2) is 5.64. The van der Waals surface area contributed by atoms with Gasteiger partial charge in [-0.1, -0.05) is 6.92 Å². The number of methoxy groups -OCH3 is 1. The molecule has 94 valence electrons. The van der Waals surface area contributed by atoms with Crippen molar-refractivity contribution >= 4 is 5.97 Å². The molecule has 4 nitrogen and oxygen atoms in total. The molecule has 0 amide bonds. The molecule has 2 atom stereocenters. The van der Waals surface area contributed by atoms with Gasteiger partial charge in [-0.05, 0) is 39.3 Å². The van der Waals surface area contributed by atoms with Gasteiger partial charge in [0.1, 0.15) is 5.54 Å². The molecule has 0 aromatic rings. The molecule has 1 aliphatic rings. The summed E-state index contributed by atoms with van der Waals surface area (Å²) < 4.78 is 4.85. The monoisotopic (exact) mass is 228 g/mol. The van der Waals surface area contributed by atoms with Crippen LogP contribution >= 0.6 is 0 Å². The highest BCUT2D eigenvalue weighted by Crippen LogP contribution is 2.18. The minimum Gasteiger partial charge on any atom is -0.468 e. The van der Waals surface area contributed by atoms with E-state index in [9.17, 15) is 4.79 Å². The number of likely N-dealkylation sites (N-methyl/N-ethyl adjacent to an activating group) is 1. The van der Waals surface area contributed by atoms with E-state index < -0.39 is 5.54 Å². The van der Waals surface area contributed by atoms with Crippen molar-refractivity contribution in [2.75, 3.05) is 33.8 Å². The van der Waals surface area contributed by atoms with Gasteiger partial charge in [0, 0.05) is 13.1 Å². The third kappa shape index (κ3) is 3.19. The lowest BCUT2D eigenvalue weighted by Gasteiger charge is -2.37. The van der Waals surface area contributed by atoms with Gasteiger partial charge in [-0.2, -0.15) is 0 Å². The smallest absolute Gasteiger partial charge is 0.327 e. The fourth-order valence-corrected chi connectivity index (χ4v) is 2.35. The number of carbonyl (C=O) groups is 1. The molecule has 0 radical (unpaired) electrons. The quantitative estimate of drug-likeness (QED) is 0.725. The first-order valence-electron chi connectivity index (χ1n) is 6.01. The van der Waals surface area contributed by atoms with Crippen molar-refractivity contribution in [1.29, 1.82) is 0 Å².